The minimum absolute atomic E-state index is 0.144. The summed E-state index contributed by atoms with van der Waals surface area (Å²) in [5.41, 5.74) is 5.58. The summed E-state index contributed by atoms with van der Waals surface area (Å²) in [5.74, 6) is -0.302. The summed E-state index contributed by atoms with van der Waals surface area (Å²) in [4.78, 5) is 22.9. The molecule has 0 bridgehead atoms. The highest BCUT2D eigenvalue weighted by molar-refractivity contribution is 5.97. The Bertz CT molecular complexity index is 189. The molecule has 0 unspecified atom stereocenters. The lowest BCUT2D eigenvalue weighted by Crippen LogP contribution is -2.40. The summed E-state index contributed by atoms with van der Waals surface area (Å²) < 4.78 is 4.51. The molecular weight excluding hydrogens is 160 g/mol. The van der Waals surface area contributed by atoms with Gasteiger partial charge in [-0.15, -0.1) is 0 Å². The lowest BCUT2D eigenvalue weighted by molar-refractivity contribution is -0.126. The second-order valence-corrected chi connectivity index (χ2v) is 2.73. The molecule has 0 aromatic rings. The Labute approximate surface area is 70.5 Å². The number of rotatable bonds is 3. The highest BCUT2D eigenvalue weighted by Gasteiger charge is 2.31. The van der Waals surface area contributed by atoms with Gasteiger partial charge in [-0.05, 0) is 6.42 Å². The molecular formula is C7H12N2O3. The van der Waals surface area contributed by atoms with E-state index in [0.717, 1.165) is 11.3 Å². The van der Waals surface area contributed by atoms with Crippen LogP contribution >= 0.6 is 0 Å². The smallest absolute Gasteiger partial charge is 0.417 e. The average molecular weight is 172 g/mol. The number of carbonyl (C=O) groups excluding carboxylic acids is 2. The van der Waals surface area contributed by atoms with Gasteiger partial charge in [0, 0.05) is 12.6 Å². The maximum atomic E-state index is 11.0. The minimum Gasteiger partial charge on any atom is -0.439 e. The molecule has 1 atom stereocenters. The summed E-state index contributed by atoms with van der Waals surface area (Å²) in [5, 5.41) is 0. The zero-order valence-electron chi connectivity index (χ0n) is 6.95. The molecule has 5 nitrogen and oxygen atoms in total. The summed E-state index contributed by atoms with van der Waals surface area (Å²) in [6, 6.07) is -0.153. The van der Waals surface area contributed by atoms with E-state index in [1.165, 1.54) is 0 Å². The average Bonchev–Trinajstić information content (AvgIpc) is 2.35. The van der Waals surface area contributed by atoms with Crippen molar-refractivity contribution in [3.63, 3.8) is 0 Å². The zero-order chi connectivity index (χ0) is 9.14. The molecule has 2 amide bonds. The molecule has 1 rings (SSSR count). The second kappa shape index (κ2) is 3.53. The van der Waals surface area contributed by atoms with Crippen LogP contribution in [-0.2, 0) is 9.53 Å². The number of hydrogen-bond donors (Lipinski definition) is 1. The number of carbonyl (C=O) groups is 2. The molecule has 0 saturated carbocycles. The Morgan fingerprint density at radius 3 is 2.75 bits per heavy atom. The largest absolute Gasteiger partial charge is 0.439 e. The minimum atomic E-state index is -0.580. The Morgan fingerprint density at radius 2 is 2.33 bits per heavy atom. The first-order chi connectivity index (χ1) is 5.65. The Morgan fingerprint density at radius 1 is 1.67 bits per heavy atom. The van der Waals surface area contributed by atoms with Crippen molar-refractivity contribution in [3.8, 4) is 0 Å². The highest BCUT2D eigenvalue weighted by atomic mass is 16.6. The summed E-state index contributed by atoms with van der Waals surface area (Å²) in [7, 11) is 0. The molecule has 0 spiro atoms. The van der Waals surface area contributed by atoms with Crippen molar-refractivity contribution in [1.82, 2.24) is 4.90 Å². The maximum Gasteiger partial charge on any atom is 0.417 e. The molecule has 1 heterocycles. The summed E-state index contributed by atoms with van der Waals surface area (Å²) in [6.45, 7) is 2.01. The highest BCUT2D eigenvalue weighted by Crippen LogP contribution is 2.05. The number of cyclic esters (lactones) is 1. The van der Waals surface area contributed by atoms with Gasteiger partial charge in [-0.3, -0.25) is 4.79 Å². The first kappa shape index (κ1) is 8.99. The van der Waals surface area contributed by atoms with Crippen LogP contribution in [0.2, 0.25) is 0 Å². The predicted octanol–water partition coefficient (Wildman–Crippen LogP) is -0.297. The summed E-state index contributed by atoms with van der Waals surface area (Å²) in [6.07, 6.45) is 0.153. The van der Waals surface area contributed by atoms with Crippen LogP contribution in [0.15, 0.2) is 0 Å². The standard InChI is InChI=1S/C7H12N2O3/c1-2-5(8)3-9-6(10)4-12-7(9)11/h5H,2-4,8H2,1H3/t5-/m1/s1. The van der Waals surface area contributed by atoms with Crippen LogP contribution in [0.5, 0.6) is 0 Å². The van der Waals surface area contributed by atoms with Gasteiger partial charge >= 0.3 is 6.09 Å². The van der Waals surface area contributed by atoms with E-state index < -0.39 is 6.09 Å². The fraction of sp³-hybridized carbons (Fsp3) is 0.714. The van der Waals surface area contributed by atoms with E-state index in [1.807, 2.05) is 6.92 Å². The Hall–Kier alpha value is -1.10. The number of nitrogens with zero attached hydrogens (tertiary/aromatic N) is 1. The van der Waals surface area contributed by atoms with Crippen LogP contribution in [0.1, 0.15) is 13.3 Å². The van der Waals surface area contributed by atoms with Crippen LogP contribution in [0.4, 0.5) is 4.79 Å². The van der Waals surface area contributed by atoms with E-state index in [0.29, 0.717) is 0 Å². The van der Waals surface area contributed by atoms with E-state index in [4.69, 9.17) is 5.73 Å². The molecule has 12 heavy (non-hydrogen) atoms. The van der Waals surface area contributed by atoms with Crippen molar-refractivity contribution in [1.29, 1.82) is 0 Å². The fourth-order valence-corrected chi connectivity index (χ4v) is 0.921. The lowest BCUT2D eigenvalue weighted by Gasteiger charge is -2.14. The molecule has 1 fully saturated rings. The Kier molecular flexibility index (Phi) is 2.65. The van der Waals surface area contributed by atoms with Gasteiger partial charge in [0.05, 0.1) is 0 Å². The van der Waals surface area contributed by atoms with Gasteiger partial charge in [0.1, 0.15) is 0 Å². The van der Waals surface area contributed by atoms with E-state index in [-0.39, 0.29) is 25.1 Å². The number of ether oxygens (including phenoxy) is 1. The van der Waals surface area contributed by atoms with E-state index in [9.17, 15) is 9.59 Å². The van der Waals surface area contributed by atoms with Gasteiger partial charge in [-0.1, -0.05) is 6.92 Å². The normalized spacial score (nSPS) is 19.7. The van der Waals surface area contributed by atoms with E-state index >= 15 is 0 Å². The van der Waals surface area contributed by atoms with Crippen LogP contribution < -0.4 is 5.73 Å². The maximum absolute atomic E-state index is 11.0. The SMILES string of the molecule is CC[C@@H](N)CN1C(=O)COC1=O. The quantitative estimate of drug-likeness (QED) is 0.634. The van der Waals surface area contributed by atoms with E-state index in [2.05, 4.69) is 4.74 Å². The first-order valence-electron chi connectivity index (χ1n) is 3.87. The van der Waals surface area contributed by atoms with Gasteiger partial charge in [0.2, 0.25) is 0 Å². The van der Waals surface area contributed by atoms with Crippen LogP contribution in [0.25, 0.3) is 0 Å². The molecule has 68 valence electrons. The van der Waals surface area contributed by atoms with Gasteiger partial charge in [0.25, 0.3) is 5.91 Å². The van der Waals surface area contributed by atoms with Crippen molar-refractivity contribution in [2.45, 2.75) is 19.4 Å². The molecule has 2 N–H and O–H groups in total. The van der Waals surface area contributed by atoms with Crippen LogP contribution in [0, 0.1) is 0 Å². The number of amides is 2. The van der Waals surface area contributed by atoms with E-state index in [1.54, 1.807) is 0 Å². The van der Waals surface area contributed by atoms with Crippen molar-refractivity contribution in [2.75, 3.05) is 13.2 Å². The van der Waals surface area contributed by atoms with Gasteiger partial charge < -0.3 is 10.5 Å². The molecule has 5 heteroatoms. The molecule has 0 aromatic carbocycles. The number of hydrogen-bond acceptors (Lipinski definition) is 4. The van der Waals surface area contributed by atoms with Gasteiger partial charge in [-0.25, -0.2) is 9.69 Å². The molecule has 0 aromatic heterocycles. The number of imide groups is 1. The fourth-order valence-electron chi connectivity index (χ4n) is 0.921. The third kappa shape index (κ3) is 1.73. The monoisotopic (exact) mass is 172 g/mol. The van der Waals surface area contributed by atoms with Gasteiger partial charge in [-0.2, -0.15) is 0 Å². The molecule has 1 aliphatic heterocycles. The van der Waals surface area contributed by atoms with Crippen LogP contribution in [0.3, 0.4) is 0 Å². The molecule has 0 radical (unpaired) electrons. The summed E-state index contributed by atoms with van der Waals surface area (Å²) >= 11 is 0. The molecule has 0 aliphatic carbocycles. The lowest BCUT2D eigenvalue weighted by atomic mass is 10.2. The number of nitrogens with two attached hydrogens (primary N) is 1. The first-order valence-corrected chi connectivity index (χ1v) is 3.87. The second-order valence-electron chi connectivity index (χ2n) is 2.73. The Balaban J connectivity index is 2.50. The topological polar surface area (TPSA) is 72.6 Å². The van der Waals surface area contributed by atoms with Crippen molar-refractivity contribution < 1.29 is 14.3 Å². The third-order valence-electron chi connectivity index (χ3n) is 1.78. The third-order valence-corrected chi connectivity index (χ3v) is 1.78. The van der Waals surface area contributed by atoms with Gasteiger partial charge in [0.15, 0.2) is 6.61 Å². The van der Waals surface area contributed by atoms with Crippen molar-refractivity contribution in [3.05, 3.63) is 0 Å². The van der Waals surface area contributed by atoms with Crippen molar-refractivity contribution in [2.24, 2.45) is 5.73 Å². The zero-order valence-corrected chi connectivity index (χ0v) is 6.95. The molecule has 1 saturated heterocycles. The predicted molar refractivity (Wildman–Crippen MR) is 41.3 cm³/mol. The molecule has 1 aliphatic rings. The van der Waals surface area contributed by atoms with Crippen molar-refractivity contribution >= 4 is 12.0 Å². The van der Waals surface area contributed by atoms with Crippen LogP contribution in [-0.4, -0.2) is 36.1 Å².